The fraction of sp³-hybridized carbons (Fsp3) is 0.0588. The quantitative estimate of drug-likeness (QED) is 0.601. The fourth-order valence-corrected chi connectivity index (χ4v) is 2.78. The minimum atomic E-state index is -0.562. The van der Waals surface area contributed by atoms with E-state index in [1.165, 1.54) is 12.1 Å². The lowest BCUT2D eigenvalue weighted by molar-refractivity contribution is -0.115. The van der Waals surface area contributed by atoms with Gasteiger partial charge in [-0.15, -0.1) is 0 Å². The summed E-state index contributed by atoms with van der Waals surface area (Å²) in [6, 6.07) is 11.5. The molecule has 7 nitrogen and oxygen atoms in total. The molecule has 2 amide bonds. The zero-order valence-corrected chi connectivity index (χ0v) is 15.8. The van der Waals surface area contributed by atoms with Crippen LogP contribution in [0.4, 0.5) is 5.95 Å². The summed E-state index contributed by atoms with van der Waals surface area (Å²) in [6.45, 7) is -0.325. The van der Waals surface area contributed by atoms with Crippen LogP contribution in [-0.4, -0.2) is 28.3 Å². The molecule has 0 radical (unpaired) electrons. The third kappa shape index (κ3) is 4.97. The van der Waals surface area contributed by atoms with Crippen molar-refractivity contribution in [2.45, 2.75) is 0 Å². The summed E-state index contributed by atoms with van der Waals surface area (Å²) in [5.41, 5.74) is 0.658. The zero-order chi connectivity index (χ0) is 19.4. The number of hydrogen-bond donors (Lipinski definition) is 2. The molecule has 2 heterocycles. The van der Waals surface area contributed by atoms with Crippen LogP contribution in [0.2, 0.25) is 15.3 Å². The van der Waals surface area contributed by atoms with Crippen molar-refractivity contribution < 1.29 is 14.0 Å². The molecule has 0 atom stereocenters. The van der Waals surface area contributed by atoms with E-state index in [4.69, 9.17) is 39.2 Å². The van der Waals surface area contributed by atoms with Gasteiger partial charge in [-0.3, -0.25) is 14.9 Å². The molecule has 0 aliphatic heterocycles. The molecule has 0 saturated heterocycles. The van der Waals surface area contributed by atoms with Crippen molar-refractivity contribution in [1.82, 2.24) is 15.3 Å². The van der Waals surface area contributed by atoms with Crippen molar-refractivity contribution in [2.24, 2.45) is 0 Å². The van der Waals surface area contributed by atoms with Gasteiger partial charge in [-0.25, -0.2) is 9.97 Å². The normalized spacial score (nSPS) is 10.5. The average molecular weight is 426 g/mol. The molecule has 0 spiro atoms. The number of furan rings is 1. The summed E-state index contributed by atoms with van der Waals surface area (Å²) in [5, 5.41) is 5.46. The van der Waals surface area contributed by atoms with E-state index >= 15 is 0 Å². The van der Waals surface area contributed by atoms with Gasteiger partial charge in [-0.2, -0.15) is 0 Å². The topological polar surface area (TPSA) is 97.1 Å². The second-order valence-corrected chi connectivity index (χ2v) is 6.39. The molecule has 3 aromatic rings. The number of halogens is 3. The molecule has 0 fully saturated rings. The summed E-state index contributed by atoms with van der Waals surface area (Å²) >= 11 is 17.6. The number of nitrogens with zero attached hydrogens (tertiary/aromatic N) is 2. The van der Waals surface area contributed by atoms with Crippen molar-refractivity contribution in [2.75, 3.05) is 11.9 Å². The molecular formula is C17H11Cl3N4O3. The van der Waals surface area contributed by atoms with Gasteiger partial charge in [0, 0.05) is 11.6 Å². The summed E-state index contributed by atoms with van der Waals surface area (Å²) in [7, 11) is 0. The van der Waals surface area contributed by atoms with E-state index in [9.17, 15) is 9.59 Å². The average Bonchev–Trinajstić information content (AvgIpc) is 3.09. The Labute approximate surface area is 168 Å². The van der Waals surface area contributed by atoms with Crippen LogP contribution in [-0.2, 0) is 4.79 Å². The van der Waals surface area contributed by atoms with E-state index in [0.29, 0.717) is 16.3 Å². The first-order chi connectivity index (χ1) is 12.9. The maximum Gasteiger partial charge on any atom is 0.287 e. The summed E-state index contributed by atoms with van der Waals surface area (Å²) in [6.07, 6.45) is 0. The summed E-state index contributed by atoms with van der Waals surface area (Å²) in [4.78, 5) is 31.6. The van der Waals surface area contributed by atoms with Gasteiger partial charge in [0.2, 0.25) is 11.9 Å². The van der Waals surface area contributed by atoms with Gasteiger partial charge in [-0.1, -0.05) is 46.9 Å². The highest BCUT2D eigenvalue weighted by Gasteiger charge is 2.15. The molecule has 10 heteroatoms. The van der Waals surface area contributed by atoms with Crippen molar-refractivity contribution in [1.29, 1.82) is 0 Å². The van der Waals surface area contributed by atoms with Crippen molar-refractivity contribution in [3.8, 4) is 11.3 Å². The molecule has 0 aliphatic rings. The van der Waals surface area contributed by atoms with E-state index in [1.54, 1.807) is 30.3 Å². The van der Waals surface area contributed by atoms with Gasteiger partial charge < -0.3 is 9.73 Å². The lowest BCUT2D eigenvalue weighted by Gasteiger charge is -2.05. The first-order valence-corrected chi connectivity index (χ1v) is 8.68. The van der Waals surface area contributed by atoms with Crippen molar-refractivity contribution >= 4 is 52.6 Å². The summed E-state index contributed by atoms with van der Waals surface area (Å²) in [5.74, 6) is -0.698. The fourth-order valence-electron chi connectivity index (χ4n) is 2.13. The molecule has 3 rings (SSSR count). The predicted octanol–water partition coefficient (Wildman–Crippen LogP) is 4.07. The monoisotopic (exact) mass is 424 g/mol. The molecule has 0 aliphatic carbocycles. The largest absolute Gasteiger partial charge is 0.451 e. The third-order valence-electron chi connectivity index (χ3n) is 3.29. The Balaban J connectivity index is 1.59. The van der Waals surface area contributed by atoms with Crippen molar-refractivity contribution in [3.63, 3.8) is 0 Å². The van der Waals surface area contributed by atoms with Gasteiger partial charge in [0.15, 0.2) is 5.76 Å². The Hall–Kier alpha value is -2.61. The van der Waals surface area contributed by atoms with Gasteiger partial charge >= 0.3 is 0 Å². The molecule has 0 saturated carbocycles. The maximum absolute atomic E-state index is 12.1. The van der Waals surface area contributed by atoms with Crippen LogP contribution >= 0.6 is 34.8 Å². The maximum atomic E-state index is 12.1. The number of amides is 2. The molecule has 138 valence electrons. The van der Waals surface area contributed by atoms with E-state index in [-0.39, 0.29) is 28.6 Å². The highest BCUT2D eigenvalue weighted by atomic mass is 35.5. The minimum Gasteiger partial charge on any atom is -0.451 e. The van der Waals surface area contributed by atoms with Crippen LogP contribution in [0.25, 0.3) is 11.3 Å². The molecule has 27 heavy (non-hydrogen) atoms. The Morgan fingerprint density at radius 3 is 2.41 bits per heavy atom. The van der Waals surface area contributed by atoms with Gasteiger partial charge in [0.1, 0.15) is 16.1 Å². The standard InChI is InChI=1S/C17H11Cl3N4O3/c18-10-4-2-1-3-9(10)11-5-6-12(27-11)16(26)21-8-15(25)24-17-22-13(19)7-14(20)23-17/h1-7H,8H2,(H,21,26)(H,22,23,24,25). The molecule has 0 unspecified atom stereocenters. The van der Waals surface area contributed by atoms with E-state index in [1.807, 2.05) is 0 Å². The number of anilines is 1. The molecule has 2 N–H and O–H groups in total. The highest BCUT2D eigenvalue weighted by Crippen LogP contribution is 2.28. The number of aromatic nitrogens is 2. The Morgan fingerprint density at radius 2 is 1.70 bits per heavy atom. The molecule has 0 bridgehead atoms. The van der Waals surface area contributed by atoms with Crippen LogP contribution in [0.3, 0.4) is 0 Å². The van der Waals surface area contributed by atoms with Crippen LogP contribution < -0.4 is 10.6 Å². The predicted molar refractivity (Wildman–Crippen MR) is 102 cm³/mol. The number of nitrogens with one attached hydrogen (secondary N) is 2. The Kier molecular flexibility index (Phi) is 5.95. The van der Waals surface area contributed by atoms with Gasteiger partial charge in [0.25, 0.3) is 5.91 Å². The highest BCUT2D eigenvalue weighted by molar-refractivity contribution is 6.33. The molecule has 1 aromatic carbocycles. The lowest BCUT2D eigenvalue weighted by Crippen LogP contribution is -2.33. The van der Waals surface area contributed by atoms with Gasteiger partial charge in [-0.05, 0) is 24.3 Å². The Morgan fingerprint density at radius 1 is 1.00 bits per heavy atom. The van der Waals surface area contributed by atoms with E-state index in [0.717, 1.165) is 0 Å². The minimum absolute atomic E-state index is 0.0415. The lowest BCUT2D eigenvalue weighted by atomic mass is 10.2. The molecular weight excluding hydrogens is 415 g/mol. The first kappa shape index (κ1) is 19.2. The van der Waals surface area contributed by atoms with Crippen LogP contribution in [0.15, 0.2) is 46.9 Å². The second kappa shape index (κ2) is 8.39. The number of carbonyl (C=O) groups is 2. The van der Waals surface area contributed by atoms with Crippen LogP contribution in [0, 0.1) is 0 Å². The zero-order valence-electron chi connectivity index (χ0n) is 13.5. The number of benzene rings is 1. The number of rotatable bonds is 5. The van der Waals surface area contributed by atoms with E-state index < -0.39 is 11.8 Å². The SMILES string of the molecule is O=C(CNC(=O)c1ccc(-c2ccccc2Cl)o1)Nc1nc(Cl)cc(Cl)n1. The number of hydrogen-bond acceptors (Lipinski definition) is 5. The van der Waals surface area contributed by atoms with Crippen molar-refractivity contribution in [3.05, 3.63) is 63.6 Å². The molecule has 2 aromatic heterocycles. The van der Waals surface area contributed by atoms with Crippen LogP contribution in [0.5, 0.6) is 0 Å². The third-order valence-corrected chi connectivity index (χ3v) is 4.01. The first-order valence-electron chi connectivity index (χ1n) is 7.55. The summed E-state index contributed by atoms with van der Waals surface area (Å²) < 4.78 is 5.51. The second-order valence-electron chi connectivity index (χ2n) is 5.21. The van der Waals surface area contributed by atoms with E-state index in [2.05, 4.69) is 20.6 Å². The van der Waals surface area contributed by atoms with Gasteiger partial charge in [0.05, 0.1) is 11.6 Å². The smallest absolute Gasteiger partial charge is 0.287 e. The number of carbonyl (C=O) groups excluding carboxylic acids is 2. The van der Waals surface area contributed by atoms with Crippen LogP contribution in [0.1, 0.15) is 10.6 Å². The Bertz CT molecular complexity index is 986.